The molecular formula is C28H33N3O5. The number of furan rings is 1. The number of carbonyl (C=O) groups excluding carboxylic acids is 2. The van der Waals surface area contributed by atoms with Crippen LogP contribution in [0.25, 0.3) is 0 Å². The molecule has 1 atom stereocenters. The zero-order valence-electron chi connectivity index (χ0n) is 21.1. The van der Waals surface area contributed by atoms with Gasteiger partial charge in [-0.1, -0.05) is 19.1 Å². The van der Waals surface area contributed by atoms with Gasteiger partial charge in [-0.15, -0.1) is 0 Å². The molecule has 1 saturated heterocycles. The molecule has 0 bridgehead atoms. The minimum absolute atomic E-state index is 0.0136. The standard InChI is InChI=1S/C28H33N3O5/c1-4-21-9-5-6-13-31(21)28(34)25-18-30(16-20-8-7-10-22(14-20)35-3)17-24(26(25)32)27(33)29-15-23-12-11-19(2)36-23/h7-8,10-12,14,17-18,21H,4-6,9,13,15-16H2,1-3H3,(H,29,33)/t21-/m1/s1. The molecular weight excluding hydrogens is 458 g/mol. The third-order valence-corrected chi connectivity index (χ3v) is 6.63. The third-order valence-electron chi connectivity index (χ3n) is 6.63. The zero-order chi connectivity index (χ0) is 25.7. The summed E-state index contributed by atoms with van der Waals surface area (Å²) < 4.78 is 12.6. The van der Waals surface area contributed by atoms with E-state index in [-0.39, 0.29) is 29.6 Å². The summed E-state index contributed by atoms with van der Waals surface area (Å²) in [6.07, 6.45) is 6.79. The molecule has 190 valence electrons. The Hall–Kier alpha value is -3.81. The van der Waals surface area contributed by atoms with Crippen molar-refractivity contribution in [3.8, 4) is 5.75 Å². The summed E-state index contributed by atoms with van der Waals surface area (Å²) in [5, 5.41) is 2.75. The molecule has 0 spiro atoms. The average molecular weight is 492 g/mol. The van der Waals surface area contributed by atoms with E-state index in [4.69, 9.17) is 9.15 Å². The molecule has 1 aliphatic heterocycles. The first-order valence-corrected chi connectivity index (χ1v) is 12.4. The van der Waals surface area contributed by atoms with E-state index >= 15 is 0 Å². The highest BCUT2D eigenvalue weighted by molar-refractivity contribution is 5.99. The number of carbonyl (C=O) groups is 2. The van der Waals surface area contributed by atoms with Crippen molar-refractivity contribution in [2.75, 3.05) is 13.7 Å². The molecule has 2 aromatic heterocycles. The number of aromatic nitrogens is 1. The molecule has 0 radical (unpaired) electrons. The van der Waals surface area contributed by atoms with Gasteiger partial charge in [0, 0.05) is 31.5 Å². The lowest BCUT2D eigenvalue weighted by atomic mass is 9.98. The predicted molar refractivity (Wildman–Crippen MR) is 136 cm³/mol. The molecule has 4 rings (SSSR count). The highest BCUT2D eigenvalue weighted by Crippen LogP contribution is 2.21. The van der Waals surface area contributed by atoms with Gasteiger partial charge in [-0.2, -0.15) is 0 Å². The van der Waals surface area contributed by atoms with Crippen LogP contribution in [0.3, 0.4) is 0 Å². The van der Waals surface area contributed by atoms with Gasteiger partial charge in [0.1, 0.15) is 28.4 Å². The lowest BCUT2D eigenvalue weighted by molar-refractivity contribution is 0.0605. The Balaban J connectivity index is 1.69. The van der Waals surface area contributed by atoms with Gasteiger partial charge in [-0.05, 0) is 62.4 Å². The first-order valence-electron chi connectivity index (χ1n) is 12.4. The van der Waals surface area contributed by atoms with Gasteiger partial charge in [0.05, 0.1) is 13.7 Å². The summed E-state index contributed by atoms with van der Waals surface area (Å²) in [6.45, 7) is 5.00. The monoisotopic (exact) mass is 491 g/mol. The summed E-state index contributed by atoms with van der Waals surface area (Å²) in [7, 11) is 1.60. The summed E-state index contributed by atoms with van der Waals surface area (Å²) in [5.41, 5.74) is 0.297. The smallest absolute Gasteiger partial charge is 0.259 e. The number of likely N-dealkylation sites (tertiary alicyclic amines) is 1. The molecule has 0 unspecified atom stereocenters. The van der Waals surface area contributed by atoms with Crippen molar-refractivity contribution in [1.82, 2.24) is 14.8 Å². The third kappa shape index (κ3) is 5.70. The van der Waals surface area contributed by atoms with Crippen LogP contribution in [0.4, 0.5) is 0 Å². The van der Waals surface area contributed by atoms with E-state index in [1.165, 1.54) is 6.20 Å². The number of nitrogens with one attached hydrogen (secondary N) is 1. The van der Waals surface area contributed by atoms with Crippen LogP contribution in [0, 0.1) is 6.92 Å². The maximum Gasteiger partial charge on any atom is 0.259 e. The van der Waals surface area contributed by atoms with Crippen molar-refractivity contribution in [2.24, 2.45) is 0 Å². The summed E-state index contributed by atoms with van der Waals surface area (Å²) in [6, 6.07) is 11.2. The molecule has 1 aromatic carbocycles. The molecule has 2 amide bonds. The van der Waals surface area contributed by atoms with Crippen molar-refractivity contribution in [3.05, 3.63) is 87.2 Å². The van der Waals surface area contributed by atoms with Crippen LogP contribution in [0.15, 0.2) is 58.0 Å². The molecule has 3 aromatic rings. The molecule has 0 saturated carbocycles. The van der Waals surface area contributed by atoms with E-state index in [0.29, 0.717) is 24.6 Å². The fourth-order valence-corrected chi connectivity index (χ4v) is 4.71. The van der Waals surface area contributed by atoms with Gasteiger partial charge in [0.25, 0.3) is 11.8 Å². The molecule has 0 aliphatic carbocycles. The second-order valence-corrected chi connectivity index (χ2v) is 9.19. The number of benzene rings is 1. The van der Waals surface area contributed by atoms with Crippen molar-refractivity contribution in [2.45, 2.75) is 58.7 Å². The number of rotatable bonds is 8. The van der Waals surface area contributed by atoms with Gasteiger partial charge in [-0.3, -0.25) is 14.4 Å². The summed E-state index contributed by atoms with van der Waals surface area (Å²) in [4.78, 5) is 41.9. The Bertz CT molecular complexity index is 1290. The van der Waals surface area contributed by atoms with Crippen LogP contribution < -0.4 is 15.5 Å². The van der Waals surface area contributed by atoms with Crippen LogP contribution in [0.5, 0.6) is 5.75 Å². The molecule has 8 nitrogen and oxygen atoms in total. The van der Waals surface area contributed by atoms with E-state index in [1.54, 1.807) is 28.8 Å². The lowest BCUT2D eigenvalue weighted by Crippen LogP contribution is -2.45. The molecule has 36 heavy (non-hydrogen) atoms. The molecule has 1 N–H and O–H groups in total. The van der Waals surface area contributed by atoms with Crippen molar-refractivity contribution in [3.63, 3.8) is 0 Å². The zero-order valence-corrected chi connectivity index (χ0v) is 21.1. The Morgan fingerprint density at radius 1 is 1.14 bits per heavy atom. The van der Waals surface area contributed by atoms with Crippen molar-refractivity contribution >= 4 is 11.8 Å². The molecule has 3 heterocycles. The van der Waals surface area contributed by atoms with Gasteiger partial charge in [-0.25, -0.2) is 0 Å². The van der Waals surface area contributed by atoms with E-state index in [1.807, 2.05) is 37.3 Å². The van der Waals surface area contributed by atoms with Crippen molar-refractivity contribution < 1.29 is 18.7 Å². The average Bonchev–Trinajstić information content (AvgIpc) is 3.32. The lowest BCUT2D eigenvalue weighted by Gasteiger charge is -2.35. The quantitative estimate of drug-likeness (QED) is 0.511. The SMILES string of the molecule is CC[C@@H]1CCCCN1C(=O)c1cn(Cc2cccc(OC)c2)cc(C(=O)NCc2ccc(C)o2)c1=O. The van der Waals surface area contributed by atoms with Crippen LogP contribution in [0.1, 0.15) is 70.4 Å². The number of hydrogen-bond donors (Lipinski definition) is 1. The normalized spacial score (nSPS) is 15.5. The molecule has 8 heteroatoms. The van der Waals surface area contributed by atoms with Crippen molar-refractivity contribution in [1.29, 1.82) is 0 Å². The van der Waals surface area contributed by atoms with Gasteiger partial charge >= 0.3 is 0 Å². The maximum atomic E-state index is 13.6. The number of ether oxygens (including phenoxy) is 1. The second-order valence-electron chi connectivity index (χ2n) is 9.19. The van der Waals surface area contributed by atoms with E-state index in [9.17, 15) is 14.4 Å². The van der Waals surface area contributed by atoms with Crippen LogP contribution in [-0.2, 0) is 13.1 Å². The number of hydrogen-bond acceptors (Lipinski definition) is 5. The topological polar surface area (TPSA) is 93.8 Å². The van der Waals surface area contributed by atoms with Crippen LogP contribution >= 0.6 is 0 Å². The number of piperidine rings is 1. The molecule has 1 fully saturated rings. The number of nitrogens with zero attached hydrogens (tertiary/aromatic N) is 2. The minimum atomic E-state index is -0.560. The number of aryl methyl sites for hydroxylation is 1. The molecule has 1 aliphatic rings. The number of amides is 2. The second kappa shape index (κ2) is 11.3. The highest BCUT2D eigenvalue weighted by atomic mass is 16.5. The van der Waals surface area contributed by atoms with Crippen LogP contribution in [-0.4, -0.2) is 41.0 Å². The number of methoxy groups -OCH3 is 1. The highest BCUT2D eigenvalue weighted by Gasteiger charge is 2.29. The first-order chi connectivity index (χ1) is 17.4. The Morgan fingerprint density at radius 3 is 2.67 bits per heavy atom. The fourth-order valence-electron chi connectivity index (χ4n) is 4.71. The van der Waals surface area contributed by atoms with E-state index < -0.39 is 11.3 Å². The van der Waals surface area contributed by atoms with Gasteiger partial charge in [0.2, 0.25) is 5.43 Å². The first kappa shape index (κ1) is 25.3. The predicted octanol–water partition coefficient (Wildman–Crippen LogP) is 4.14. The van der Waals surface area contributed by atoms with Crippen LogP contribution in [0.2, 0.25) is 0 Å². The van der Waals surface area contributed by atoms with E-state index in [0.717, 1.165) is 37.0 Å². The Morgan fingerprint density at radius 2 is 1.94 bits per heavy atom. The van der Waals surface area contributed by atoms with E-state index in [2.05, 4.69) is 12.2 Å². The number of pyridine rings is 1. The largest absolute Gasteiger partial charge is 0.497 e. The minimum Gasteiger partial charge on any atom is -0.497 e. The maximum absolute atomic E-state index is 13.6. The Labute approximate surface area is 210 Å². The fraction of sp³-hybridized carbons (Fsp3) is 0.393. The summed E-state index contributed by atoms with van der Waals surface area (Å²) in [5.74, 6) is 1.16. The Kier molecular flexibility index (Phi) is 7.93. The summed E-state index contributed by atoms with van der Waals surface area (Å²) >= 11 is 0. The van der Waals surface area contributed by atoms with Gasteiger partial charge in [0.15, 0.2) is 0 Å². The van der Waals surface area contributed by atoms with Gasteiger partial charge < -0.3 is 23.9 Å².